The van der Waals surface area contributed by atoms with Crippen molar-refractivity contribution in [2.45, 2.75) is 12.5 Å². The molecule has 0 saturated carbocycles. The van der Waals surface area contributed by atoms with Gasteiger partial charge in [0.25, 0.3) is 0 Å². The van der Waals surface area contributed by atoms with Crippen molar-refractivity contribution in [3.8, 4) is 0 Å². The van der Waals surface area contributed by atoms with Gasteiger partial charge in [0.15, 0.2) is 0 Å². The summed E-state index contributed by atoms with van der Waals surface area (Å²) >= 11 is 11.0. The fourth-order valence-corrected chi connectivity index (χ4v) is 3.43. The van der Waals surface area contributed by atoms with Crippen LogP contribution in [0.5, 0.6) is 0 Å². The Morgan fingerprint density at radius 1 is 1.50 bits per heavy atom. The lowest BCUT2D eigenvalue weighted by molar-refractivity contribution is 0.535. The average Bonchev–Trinajstić information content (AvgIpc) is 2.76. The molecule has 0 spiro atoms. The number of hydrogen-bond acceptors (Lipinski definition) is 3. The van der Waals surface area contributed by atoms with Crippen molar-refractivity contribution < 1.29 is 4.39 Å². The van der Waals surface area contributed by atoms with E-state index in [0.717, 1.165) is 9.35 Å². The van der Waals surface area contributed by atoms with E-state index < -0.39 is 0 Å². The number of halogens is 3. The zero-order valence-electron chi connectivity index (χ0n) is 9.29. The zero-order valence-corrected chi connectivity index (χ0v) is 12.4. The minimum atomic E-state index is -0.307. The lowest BCUT2D eigenvalue weighted by atomic mass is 10.0. The normalized spacial score (nSPS) is 12.7. The molecule has 0 amide bonds. The molecule has 1 heterocycles. The summed E-state index contributed by atoms with van der Waals surface area (Å²) in [5.41, 5.74) is 3.18. The fourth-order valence-electron chi connectivity index (χ4n) is 1.68. The number of hydrogen-bond donors (Lipinski definition) is 2. The molecule has 3 N–H and O–H groups in total. The Bertz CT molecular complexity index is 526. The van der Waals surface area contributed by atoms with E-state index in [1.165, 1.54) is 6.07 Å². The van der Waals surface area contributed by atoms with Crippen molar-refractivity contribution in [2.24, 2.45) is 5.84 Å². The Kier molecular flexibility index (Phi) is 4.75. The Labute approximate surface area is 122 Å². The van der Waals surface area contributed by atoms with E-state index in [1.54, 1.807) is 23.5 Å². The molecular weight excluding hydrogens is 339 g/mol. The van der Waals surface area contributed by atoms with E-state index in [4.69, 9.17) is 17.4 Å². The van der Waals surface area contributed by atoms with Crippen LogP contribution < -0.4 is 11.3 Å². The molecule has 1 aromatic carbocycles. The maximum absolute atomic E-state index is 13.7. The number of benzene rings is 1. The first-order valence-corrected chi connectivity index (χ1v) is 7.30. The van der Waals surface area contributed by atoms with Crippen LogP contribution in [-0.4, -0.2) is 0 Å². The van der Waals surface area contributed by atoms with E-state index in [2.05, 4.69) is 21.4 Å². The summed E-state index contributed by atoms with van der Waals surface area (Å²) in [6.45, 7) is 0. The lowest BCUT2D eigenvalue weighted by Crippen LogP contribution is -2.29. The van der Waals surface area contributed by atoms with Crippen LogP contribution in [0.1, 0.15) is 16.5 Å². The van der Waals surface area contributed by atoms with Crippen molar-refractivity contribution >= 4 is 38.9 Å². The van der Waals surface area contributed by atoms with Crippen molar-refractivity contribution in [3.63, 3.8) is 0 Å². The van der Waals surface area contributed by atoms with Gasteiger partial charge in [-0.15, -0.1) is 11.3 Å². The number of hydrazine groups is 1. The first-order chi connectivity index (χ1) is 8.61. The Morgan fingerprint density at radius 2 is 2.28 bits per heavy atom. The second-order valence-electron chi connectivity index (χ2n) is 3.79. The summed E-state index contributed by atoms with van der Waals surface area (Å²) in [6, 6.07) is 6.48. The van der Waals surface area contributed by atoms with Gasteiger partial charge in [-0.1, -0.05) is 17.7 Å². The summed E-state index contributed by atoms with van der Waals surface area (Å²) in [6.07, 6.45) is 0.412. The molecule has 0 radical (unpaired) electrons. The van der Waals surface area contributed by atoms with E-state index in [9.17, 15) is 4.39 Å². The molecule has 6 heteroatoms. The molecule has 96 valence electrons. The molecule has 2 aromatic rings. The van der Waals surface area contributed by atoms with Crippen molar-refractivity contribution in [2.75, 3.05) is 0 Å². The molecular formula is C12H11BrClFN2S. The van der Waals surface area contributed by atoms with Gasteiger partial charge in [0, 0.05) is 25.3 Å². The molecule has 0 aliphatic heterocycles. The summed E-state index contributed by atoms with van der Waals surface area (Å²) in [4.78, 5) is 1.03. The minimum Gasteiger partial charge on any atom is -0.271 e. The second-order valence-corrected chi connectivity index (χ2v) is 6.06. The number of nitrogens with two attached hydrogens (primary N) is 1. The Hall–Kier alpha value is -0.460. The van der Waals surface area contributed by atoms with Crippen molar-refractivity contribution in [1.29, 1.82) is 0 Å². The molecule has 0 bridgehead atoms. The van der Waals surface area contributed by atoms with Crippen molar-refractivity contribution in [3.05, 3.63) is 55.4 Å². The first kappa shape index (κ1) is 14.0. The molecule has 18 heavy (non-hydrogen) atoms. The van der Waals surface area contributed by atoms with Crippen LogP contribution >= 0.6 is 38.9 Å². The molecule has 1 atom stereocenters. The van der Waals surface area contributed by atoms with Crippen LogP contribution in [0.15, 0.2) is 34.1 Å². The zero-order chi connectivity index (χ0) is 13.1. The number of thiophene rings is 1. The monoisotopic (exact) mass is 348 g/mol. The van der Waals surface area contributed by atoms with Gasteiger partial charge in [0.1, 0.15) is 5.82 Å². The highest BCUT2D eigenvalue weighted by Crippen LogP contribution is 2.30. The van der Waals surface area contributed by atoms with Gasteiger partial charge in [0.2, 0.25) is 0 Å². The van der Waals surface area contributed by atoms with E-state index in [-0.39, 0.29) is 11.9 Å². The van der Waals surface area contributed by atoms with E-state index >= 15 is 0 Å². The maximum Gasteiger partial charge on any atom is 0.127 e. The van der Waals surface area contributed by atoms with Crippen molar-refractivity contribution in [1.82, 2.24) is 5.43 Å². The smallest absolute Gasteiger partial charge is 0.127 e. The predicted octanol–water partition coefficient (Wildman–Crippen LogP) is 4.05. The van der Waals surface area contributed by atoms with Gasteiger partial charge < -0.3 is 0 Å². The highest BCUT2D eigenvalue weighted by atomic mass is 79.9. The first-order valence-electron chi connectivity index (χ1n) is 5.24. The molecule has 1 unspecified atom stereocenters. The Morgan fingerprint density at radius 3 is 2.83 bits per heavy atom. The minimum absolute atomic E-state index is 0.157. The molecule has 1 aromatic heterocycles. The third kappa shape index (κ3) is 3.10. The molecule has 2 nitrogen and oxygen atoms in total. The SMILES string of the molecule is NNC(Cc1c(F)cccc1Cl)c1cc(Br)cs1. The topological polar surface area (TPSA) is 38.0 Å². The lowest BCUT2D eigenvalue weighted by Gasteiger charge is -2.15. The molecule has 0 aliphatic carbocycles. The average molecular weight is 350 g/mol. The van der Waals surface area contributed by atoms with Gasteiger partial charge in [0.05, 0.1) is 6.04 Å². The van der Waals surface area contributed by atoms with Gasteiger partial charge in [-0.3, -0.25) is 11.3 Å². The molecule has 0 fully saturated rings. The van der Waals surface area contributed by atoms with Gasteiger partial charge >= 0.3 is 0 Å². The van der Waals surface area contributed by atoms with Crippen LogP contribution in [0.3, 0.4) is 0 Å². The largest absolute Gasteiger partial charge is 0.271 e. The van der Waals surface area contributed by atoms with Crippen LogP contribution in [0, 0.1) is 5.82 Å². The quantitative estimate of drug-likeness (QED) is 0.645. The Balaban J connectivity index is 2.26. The molecule has 0 aliphatic rings. The fraction of sp³-hybridized carbons (Fsp3) is 0.167. The number of nitrogens with one attached hydrogen (secondary N) is 1. The van der Waals surface area contributed by atoms with Gasteiger partial charge in [-0.05, 0) is 40.5 Å². The van der Waals surface area contributed by atoms with Crippen LogP contribution in [0.2, 0.25) is 5.02 Å². The van der Waals surface area contributed by atoms with E-state index in [1.807, 2.05) is 11.4 Å². The standard InChI is InChI=1S/C12H11BrClFN2S/c13-7-4-12(18-6-7)11(17-16)5-8-9(14)2-1-3-10(8)15/h1-4,6,11,17H,5,16H2. The highest BCUT2D eigenvalue weighted by Gasteiger charge is 2.17. The van der Waals surface area contributed by atoms with Crippen LogP contribution in [-0.2, 0) is 6.42 Å². The summed E-state index contributed by atoms with van der Waals surface area (Å²) in [5.74, 6) is 5.23. The van der Waals surface area contributed by atoms with Gasteiger partial charge in [-0.25, -0.2) is 4.39 Å². The molecule has 0 saturated heterocycles. The molecule has 2 rings (SSSR count). The predicted molar refractivity (Wildman–Crippen MR) is 77.2 cm³/mol. The summed E-state index contributed by atoms with van der Waals surface area (Å²) in [5, 5.41) is 2.38. The maximum atomic E-state index is 13.7. The van der Waals surface area contributed by atoms with E-state index in [0.29, 0.717) is 17.0 Å². The third-order valence-corrected chi connectivity index (χ3v) is 4.76. The third-order valence-electron chi connectivity index (χ3n) is 2.60. The van der Waals surface area contributed by atoms with Gasteiger partial charge in [-0.2, -0.15) is 0 Å². The van der Waals surface area contributed by atoms with Crippen LogP contribution in [0.4, 0.5) is 4.39 Å². The second kappa shape index (κ2) is 6.12. The highest BCUT2D eigenvalue weighted by molar-refractivity contribution is 9.10. The van der Waals surface area contributed by atoms with Crippen LogP contribution in [0.25, 0.3) is 0 Å². The number of rotatable bonds is 4. The summed E-state index contributed by atoms with van der Waals surface area (Å²) < 4.78 is 14.7. The summed E-state index contributed by atoms with van der Waals surface area (Å²) in [7, 11) is 0.